The van der Waals surface area contributed by atoms with E-state index in [2.05, 4.69) is 25.5 Å². The number of halogens is 4. The molecule has 0 aliphatic carbocycles. The summed E-state index contributed by atoms with van der Waals surface area (Å²) in [5, 5.41) is 15.7. The number of H-pyrrole nitrogens is 1. The van der Waals surface area contributed by atoms with Gasteiger partial charge in [0.2, 0.25) is 5.95 Å². The van der Waals surface area contributed by atoms with E-state index in [4.69, 9.17) is 11.6 Å². The van der Waals surface area contributed by atoms with Crippen LogP contribution >= 0.6 is 11.6 Å². The van der Waals surface area contributed by atoms with E-state index in [0.29, 0.717) is 11.6 Å². The van der Waals surface area contributed by atoms with Crippen molar-refractivity contribution in [3.8, 4) is 0 Å². The fraction of sp³-hybridized carbons (Fsp3) is 0.350. The molecule has 2 unspecified atom stereocenters. The monoisotopic (exact) mass is 454 g/mol. The molecule has 2 atom stereocenters. The van der Waals surface area contributed by atoms with Gasteiger partial charge >= 0.3 is 0 Å². The van der Waals surface area contributed by atoms with Crippen LogP contribution in [0.5, 0.6) is 0 Å². The number of aromatic amines is 1. The number of hydroxylamine groups is 1. The van der Waals surface area contributed by atoms with Crippen LogP contribution < -0.4 is 16.1 Å². The molecule has 1 aromatic heterocycles. The van der Waals surface area contributed by atoms with Crippen LogP contribution in [-0.4, -0.2) is 46.3 Å². The van der Waals surface area contributed by atoms with Crippen molar-refractivity contribution >= 4 is 34.3 Å². The molecule has 1 fully saturated rings. The molecule has 0 radical (unpaired) electrons. The largest absolute Gasteiger partial charge is 0.364 e. The minimum atomic E-state index is -1.10. The van der Waals surface area contributed by atoms with Gasteiger partial charge in [0.1, 0.15) is 23.0 Å². The van der Waals surface area contributed by atoms with Gasteiger partial charge in [0.05, 0.1) is 5.02 Å². The maximum absolute atomic E-state index is 14.5. The number of rotatable bonds is 6. The Morgan fingerprint density at radius 3 is 2.77 bits per heavy atom. The molecule has 0 bridgehead atoms. The summed E-state index contributed by atoms with van der Waals surface area (Å²) >= 11 is 5.80. The summed E-state index contributed by atoms with van der Waals surface area (Å²) in [5.41, 5.74) is 2.54. The van der Waals surface area contributed by atoms with Crippen molar-refractivity contribution < 1.29 is 18.4 Å². The van der Waals surface area contributed by atoms with Crippen LogP contribution in [0.25, 0.3) is 11.0 Å². The molecule has 5 N–H and O–H groups in total. The van der Waals surface area contributed by atoms with E-state index >= 15 is 0 Å². The molecule has 2 heterocycles. The molecule has 11 heteroatoms. The molecular weight excluding hydrogens is 433 g/mol. The molecule has 0 saturated carbocycles. The first-order chi connectivity index (χ1) is 14.9. The first kappa shape index (κ1) is 21.7. The number of aromatic nitrogens is 2. The first-order valence-electron chi connectivity index (χ1n) is 9.79. The molecule has 1 aliphatic rings. The van der Waals surface area contributed by atoms with Gasteiger partial charge in [0.25, 0.3) is 0 Å². The molecular formula is C20H22ClF3N6O. The second-order valence-corrected chi connectivity index (χ2v) is 8.06. The minimum Gasteiger partial charge on any atom is -0.364 e. The predicted octanol–water partition coefficient (Wildman–Crippen LogP) is 4.23. The molecule has 2 aromatic carbocycles. The van der Waals surface area contributed by atoms with Crippen LogP contribution in [0.15, 0.2) is 24.3 Å². The van der Waals surface area contributed by atoms with Crippen LogP contribution in [0.3, 0.4) is 0 Å². The number of hydrogen-bond acceptors (Lipinski definition) is 6. The molecule has 1 saturated heterocycles. The quantitative estimate of drug-likeness (QED) is 0.283. The van der Waals surface area contributed by atoms with Crippen molar-refractivity contribution in [2.75, 3.05) is 30.8 Å². The Balaban J connectivity index is 1.67. The van der Waals surface area contributed by atoms with Crippen molar-refractivity contribution in [3.63, 3.8) is 0 Å². The molecule has 166 valence electrons. The summed E-state index contributed by atoms with van der Waals surface area (Å²) in [4.78, 5) is 9.39. The molecule has 31 heavy (non-hydrogen) atoms. The number of nitrogens with zero attached hydrogens (tertiary/aromatic N) is 2. The number of piperidine rings is 1. The van der Waals surface area contributed by atoms with Crippen molar-refractivity contribution in [2.45, 2.75) is 25.0 Å². The Hall–Kier alpha value is -2.53. The Labute approximate surface area is 181 Å². The van der Waals surface area contributed by atoms with Crippen LogP contribution in [0.4, 0.5) is 24.8 Å². The van der Waals surface area contributed by atoms with Gasteiger partial charge in [-0.1, -0.05) is 11.6 Å². The summed E-state index contributed by atoms with van der Waals surface area (Å²) in [5.74, 6) is -2.47. The lowest BCUT2D eigenvalue weighted by Crippen LogP contribution is -2.39. The normalized spacial score (nSPS) is 18.3. The highest BCUT2D eigenvalue weighted by Crippen LogP contribution is 2.30. The highest BCUT2D eigenvalue weighted by Gasteiger charge is 2.24. The van der Waals surface area contributed by atoms with Gasteiger partial charge in [-0.05, 0) is 50.7 Å². The third kappa shape index (κ3) is 4.57. The Kier molecular flexibility index (Phi) is 6.24. The number of imidazole rings is 1. The zero-order chi connectivity index (χ0) is 22.1. The molecule has 7 nitrogen and oxygen atoms in total. The average molecular weight is 455 g/mol. The SMILES string of the molecule is CN1CCCC(Nc2nc3c(C(NO)Nc4ccc(F)c(Cl)c4)cc(F)c(F)c3[nH]2)C1. The number of fused-ring (bicyclic) bond motifs is 1. The van der Waals surface area contributed by atoms with Crippen LogP contribution in [0, 0.1) is 17.5 Å². The van der Waals surface area contributed by atoms with E-state index in [-0.39, 0.29) is 27.7 Å². The fourth-order valence-electron chi connectivity index (χ4n) is 3.83. The number of benzene rings is 2. The minimum absolute atomic E-state index is 0.113. The topological polar surface area (TPSA) is 88.2 Å². The van der Waals surface area contributed by atoms with E-state index in [0.717, 1.165) is 38.1 Å². The van der Waals surface area contributed by atoms with E-state index in [1.807, 2.05) is 12.5 Å². The second-order valence-electron chi connectivity index (χ2n) is 7.65. The maximum atomic E-state index is 14.5. The number of nitrogens with one attached hydrogen (secondary N) is 4. The first-order valence-corrected chi connectivity index (χ1v) is 10.2. The van der Waals surface area contributed by atoms with Crippen molar-refractivity contribution in [2.24, 2.45) is 0 Å². The maximum Gasteiger partial charge on any atom is 0.201 e. The van der Waals surface area contributed by atoms with Gasteiger partial charge in [-0.3, -0.25) is 0 Å². The second kappa shape index (κ2) is 8.91. The summed E-state index contributed by atoms with van der Waals surface area (Å²) in [6.45, 7) is 1.81. The van der Waals surface area contributed by atoms with Gasteiger partial charge in [-0.25, -0.2) is 18.2 Å². The van der Waals surface area contributed by atoms with Crippen molar-refractivity contribution in [3.05, 3.63) is 52.3 Å². The molecule has 3 aromatic rings. The Morgan fingerprint density at radius 2 is 2.06 bits per heavy atom. The van der Waals surface area contributed by atoms with Crippen molar-refractivity contribution in [1.29, 1.82) is 0 Å². The van der Waals surface area contributed by atoms with Crippen LogP contribution in [0.1, 0.15) is 24.6 Å². The average Bonchev–Trinajstić information content (AvgIpc) is 3.15. The van der Waals surface area contributed by atoms with E-state index in [1.54, 1.807) is 0 Å². The van der Waals surface area contributed by atoms with Crippen LogP contribution in [-0.2, 0) is 0 Å². The Bertz CT molecular complexity index is 1090. The number of likely N-dealkylation sites (tertiary alicyclic amines) is 1. The van der Waals surface area contributed by atoms with E-state index in [9.17, 15) is 18.4 Å². The molecule has 1 aliphatic heterocycles. The summed E-state index contributed by atoms with van der Waals surface area (Å²) in [6, 6.07) is 4.93. The lowest BCUT2D eigenvalue weighted by atomic mass is 10.1. The highest BCUT2D eigenvalue weighted by molar-refractivity contribution is 6.31. The van der Waals surface area contributed by atoms with Gasteiger partial charge in [0.15, 0.2) is 11.6 Å². The van der Waals surface area contributed by atoms with Gasteiger partial charge in [0, 0.05) is 23.8 Å². The van der Waals surface area contributed by atoms with E-state index in [1.165, 1.54) is 12.1 Å². The summed E-state index contributed by atoms with van der Waals surface area (Å²) in [6.07, 6.45) is 0.873. The van der Waals surface area contributed by atoms with Gasteiger partial charge in [-0.2, -0.15) is 5.48 Å². The molecule has 4 rings (SSSR count). The zero-order valence-corrected chi connectivity index (χ0v) is 17.4. The summed E-state index contributed by atoms with van der Waals surface area (Å²) in [7, 11) is 2.02. The summed E-state index contributed by atoms with van der Waals surface area (Å²) < 4.78 is 42.2. The number of hydrogen-bond donors (Lipinski definition) is 5. The smallest absolute Gasteiger partial charge is 0.201 e. The molecule has 0 spiro atoms. The standard InChI is InChI=1S/C20H22ClF3N6O/c1-30-6-2-3-11(9-30)26-20-27-17-12(8-15(23)16(24)18(17)28-20)19(29-31)25-10-4-5-14(22)13(21)7-10/h4-5,7-8,11,19,25,29,31H,2-3,6,9H2,1H3,(H2,26,27,28). The fourth-order valence-corrected chi connectivity index (χ4v) is 4.01. The van der Waals surface area contributed by atoms with Crippen molar-refractivity contribution in [1.82, 2.24) is 20.3 Å². The number of anilines is 2. The zero-order valence-electron chi connectivity index (χ0n) is 16.6. The van der Waals surface area contributed by atoms with Gasteiger partial charge < -0.3 is 25.7 Å². The third-order valence-corrected chi connectivity index (χ3v) is 5.61. The Morgan fingerprint density at radius 1 is 1.26 bits per heavy atom. The predicted molar refractivity (Wildman–Crippen MR) is 113 cm³/mol. The third-order valence-electron chi connectivity index (χ3n) is 5.32. The lowest BCUT2D eigenvalue weighted by Gasteiger charge is -2.29. The number of likely N-dealkylation sites (N-methyl/N-ethyl adjacent to an activating group) is 1. The van der Waals surface area contributed by atoms with E-state index < -0.39 is 23.6 Å². The highest BCUT2D eigenvalue weighted by atomic mass is 35.5. The van der Waals surface area contributed by atoms with Gasteiger partial charge in [-0.15, -0.1) is 0 Å². The lowest BCUT2D eigenvalue weighted by molar-refractivity contribution is 0.137. The molecule has 0 amide bonds. The van der Waals surface area contributed by atoms with Crippen LogP contribution in [0.2, 0.25) is 5.02 Å².